The number of hydrogen-bond donors (Lipinski definition) is 0. The summed E-state index contributed by atoms with van der Waals surface area (Å²) in [5, 5.41) is 9.75. The molecule has 0 saturated carbocycles. The van der Waals surface area contributed by atoms with Crippen molar-refractivity contribution >= 4 is 11.6 Å². The Morgan fingerprint density at radius 1 is 1.12 bits per heavy atom. The molecule has 2 aromatic heterocycles. The van der Waals surface area contributed by atoms with Gasteiger partial charge in [-0.2, -0.15) is 5.26 Å². The van der Waals surface area contributed by atoms with Crippen LogP contribution in [0.3, 0.4) is 0 Å². The van der Waals surface area contributed by atoms with E-state index in [0.29, 0.717) is 22.4 Å². The number of imidazole rings is 1. The lowest BCUT2D eigenvalue weighted by molar-refractivity contribution is -0.162. The van der Waals surface area contributed by atoms with E-state index in [1.54, 1.807) is 25.4 Å². The van der Waals surface area contributed by atoms with Gasteiger partial charge in [0.1, 0.15) is 5.15 Å². The minimum atomic E-state index is -0.292. The van der Waals surface area contributed by atoms with Crippen LogP contribution in [0.5, 0.6) is 5.88 Å². The normalized spacial score (nSPS) is 17.7. The summed E-state index contributed by atoms with van der Waals surface area (Å²) >= 11 is 7.04. The number of rotatable bonds is 4. The lowest BCUT2D eigenvalue weighted by atomic mass is 9.79. The number of nitrogens with zero attached hydrogens (tertiary/aromatic N) is 4. The molecule has 0 amide bonds. The first-order chi connectivity index (χ1) is 15.1. The molecule has 6 nitrogen and oxygen atoms in total. The van der Waals surface area contributed by atoms with Gasteiger partial charge in [0.25, 0.3) is 0 Å². The standard InChI is InChI=1S/C25H27ClN4O2/c1-24(2)13-17(14-25(3,4)32-24)20-21(26)30(18-10-8-16(15-27)9-11-18)22(29-20)19-7-6-12-28-23(19)31-5/h6-12,17H,13-14H2,1-5H3. The molecular weight excluding hydrogens is 424 g/mol. The van der Waals surface area contributed by atoms with Gasteiger partial charge >= 0.3 is 0 Å². The van der Waals surface area contributed by atoms with Gasteiger partial charge in [0.05, 0.1) is 41.2 Å². The molecule has 166 valence electrons. The Balaban J connectivity index is 1.92. The van der Waals surface area contributed by atoms with Crippen LogP contribution < -0.4 is 4.74 Å². The second-order valence-corrected chi connectivity index (χ2v) is 9.75. The van der Waals surface area contributed by atoms with E-state index in [0.717, 1.165) is 29.8 Å². The number of nitriles is 1. The SMILES string of the molecule is COc1ncccc1-c1nc(C2CC(C)(C)OC(C)(C)C2)c(Cl)n1-c1ccc(C#N)cc1. The van der Waals surface area contributed by atoms with Crippen molar-refractivity contribution in [2.45, 2.75) is 57.7 Å². The van der Waals surface area contributed by atoms with E-state index >= 15 is 0 Å². The number of methoxy groups -OCH3 is 1. The fourth-order valence-corrected chi connectivity index (χ4v) is 5.16. The fraction of sp³-hybridized carbons (Fsp3) is 0.400. The molecule has 1 aliphatic heterocycles. The fourth-order valence-electron chi connectivity index (χ4n) is 4.79. The van der Waals surface area contributed by atoms with Gasteiger partial charge in [-0.3, -0.25) is 4.57 Å². The summed E-state index contributed by atoms with van der Waals surface area (Å²) in [6.45, 7) is 8.43. The molecule has 0 aliphatic carbocycles. The zero-order valence-corrected chi connectivity index (χ0v) is 19.8. The van der Waals surface area contributed by atoms with E-state index < -0.39 is 0 Å². The van der Waals surface area contributed by atoms with Gasteiger partial charge in [0.2, 0.25) is 5.88 Å². The van der Waals surface area contributed by atoms with E-state index in [1.165, 1.54) is 0 Å². The second kappa shape index (κ2) is 8.23. The van der Waals surface area contributed by atoms with E-state index in [4.69, 9.17) is 26.1 Å². The molecule has 1 saturated heterocycles. The minimum absolute atomic E-state index is 0.127. The molecule has 1 fully saturated rings. The summed E-state index contributed by atoms with van der Waals surface area (Å²) in [6, 6.07) is 13.2. The third kappa shape index (κ3) is 4.23. The molecule has 3 aromatic rings. The molecular formula is C25H27ClN4O2. The average Bonchev–Trinajstić information content (AvgIpc) is 3.08. The van der Waals surface area contributed by atoms with Crippen LogP contribution in [-0.4, -0.2) is 32.8 Å². The lowest BCUT2D eigenvalue weighted by Gasteiger charge is -2.45. The largest absolute Gasteiger partial charge is 0.480 e. The molecule has 1 aliphatic rings. The van der Waals surface area contributed by atoms with Crippen molar-refractivity contribution in [1.82, 2.24) is 14.5 Å². The van der Waals surface area contributed by atoms with Crippen molar-refractivity contribution in [3.05, 3.63) is 59.0 Å². The maximum Gasteiger partial charge on any atom is 0.224 e. The number of halogens is 1. The topological polar surface area (TPSA) is 73.0 Å². The molecule has 0 spiro atoms. The Hall–Kier alpha value is -2.88. The molecule has 3 heterocycles. The van der Waals surface area contributed by atoms with Crippen LogP contribution in [-0.2, 0) is 4.74 Å². The highest BCUT2D eigenvalue weighted by Gasteiger charge is 2.42. The molecule has 0 unspecified atom stereocenters. The summed E-state index contributed by atoms with van der Waals surface area (Å²) in [6.07, 6.45) is 3.30. The Kier molecular flexibility index (Phi) is 5.74. The number of pyridine rings is 1. The molecule has 0 N–H and O–H groups in total. The van der Waals surface area contributed by atoms with Crippen molar-refractivity contribution in [2.24, 2.45) is 0 Å². The van der Waals surface area contributed by atoms with Crippen LogP contribution in [0.15, 0.2) is 42.6 Å². The Morgan fingerprint density at radius 2 is 1.78 bits per heavy atom. The number of hydrogen-bond acceptors (Lipinski definition) is 5. The Labute approximate surface area is 193 Å². The Bertz CT molecular complexity index is 1160. The van der Waals surface area contributed by atoms with Crippen LogP contribution in [0.4, 0.5) is 0 Å². The third-order valence-corrected chi connectivity index (χ3v) is 6.08. The van der Waals surface area contributed by atoms with Crippen LogP contribution in [0.2, 0.25) is 5.15 Å². The number of aromatic nitrogens is 3. The molecule has 32 heavy (non-hydrogen) atoms. The van der Waals surface area contributed by atoms with Crippen molar-refractivity contribution < 1.29 is 9.47 Å². The highest BCUT2D eigenvalue weighted by Crippen LogP contribution is 2.46. The lowest BCUT2D eigenvalue weighted by Crippen LogP contribution is -2.44. The highest BCUT2D eigenvalue weighted by atomic mass is 35.5. The van der Waals surface area contributed by atoms with Crippen molar-refractivity contribution in [3.63, 3.8) is 0 Å². The Morgan fingerprint density at radius 3 is 2.38 bits per heavy atom. The zero-order chi connectivity index (χ0) is 23.1. The zero-order valence-electron chi connectivity index (χ0n) is 19.0. The van der Waals surface area contributed by atoms with E-state index in [1.807, 2.05) is 28.8 Å². The number of ether oxygens (including phenoxy) is 2. The van der Waals surface area contributed by atoms with Gasteiger partial charge in [-0.05, 0) is 76.9 Å². The van der Waals surface area contributed by atoms with Crippen LogP contribution >= 0.6 is 11.6 Å². The molecule has 0 atom stereocenters. The van der Waals surface area contributed by atoms with Crippen molar-refractivity contribution in [1.29, 1.82) is 5.26 Å². The quantitative estimate of drug-likeness (QED) is 0.493. The maximum atomic E-state index is 9.20. The van der Waals surface area contributed by atoms with Gasteiger partial charge in [-0.1, -0.05) is 11.6 Å². The maximum absolute atomic E-state index is 9.20. The summed E-state index contributed by atoms with van der Waals surface area (Å²) in [5.41, 5.74) is 2.40. The molecule has 7 heteroatoms. The van der Waals surface area contributed by atoms with E-state index in [2.05, 4.69) is 38.7 Å². The van der Waals surface area contributed by atoms with Crippen LogP contribution in [0.1, 0.15) is 57.7 Å². The summed E-state index contributed by atoms with van der Waals surface area (Å²) in [7, 11) is 1.59. The van der Waals surface area contributed by atoms with Gasteiger partial charge < -0.3 is 9.47 Å². The summed E-state index contributed by atoms with van der Waals surface area (Å²) < 4.78 is 13.7. The van der Waals surface area contributed by atoms with Gasteiger partial charge in [0, 0.05) is 17.8 Å². The number of benzene rings is 1. The summed E-state index contributed by atoms with van der Waals surface area (Å²) in [4.78, 5) is 9.40. The predicted octanol–water partition coefficient (Wildman–Crippen LogP) is 5.92. The van der Waals surface area contributed by atoms with Crippen LogP contribution in [0.25, 0.3) is 17.1 Å². The van der Waals surface area contributed by atoms with Gasteiger partial charge in [0.15, 0.2) is 5.82 Å². The molecule has 0 bridgehead atoms. The second-order valence-electron chi connectivity index (χ2n) is 9.39. The highest BCUT2D eigenvalue weighted by molar-refractivity contribution is 6.30. The minimum Gasteiger partial charge on any atom is -0.480 e. The van der Waals surface area contributed by atoms with Crippen molar-refractivity contribution in [3.8, 4) is 29.0 Å². The average molecular weight is 451 g/mol. The third-order valence-electron chi connectivity index (χ3n) is 5.72. The molecule has 0 radical (unpaired) electrons. The first-order valence-corrected chi connectivity index (χ1v) is 11.0. The van der Waals surface area contributed by atoms with Crippen LogP contribution in [0, 0.1) is 11.3 Å². The monoisotopic (exact) mass is 450 g/mol. The molecule has 4 rings (SSSR count). The van der Waals surface area contributed by atoms with Gasteiger partial charge in [-0.25, -0.2) is 9.97 Å². The first-order valence-electron chi connectivity index (χ1n) is 10.6. The van der Waals surface area contributed by atoms with E-state index in [9.17, 15) is 5.26 Å². The predicted molar refractivity (Wildman–Crippen MR) is 124 cm³/mol. The van der Waals surface area contributed by atoms with Crippen molar-refractivity contribution in [2.75, 3.05) is 7.11 Å². The van der Waals surface area contributed by atoms with E-state index in [-0.39, 0.29) is 17.1 Å². The molecule has 1 aromatic carbocycles. The van der Waals surface area contributed by atoms with Gasteiger partial charge in [-0.15, -0.1) is 0 Å². The summed E-state index contributed by atoms with van der Waals surface area (Å²) in [5.74, 6) is 1.26. The smallest absolute Gasteiger partial charge is 0.224 e. The first kappa shape index (κ1) is 22.3.